The van der Waals surface area contributed by atoms with E-state index >= 15 is 0 Å². The molecule has 2 aromatic carbocycles. The normalized spacial score (nSPS) is 21.8. The van der Waals surface area contributed by atoms with Crippen molar-refractivity contribution < 1.29 is 14.3 Å². The van der Waals surface area contributed by atoms with E-state index in [1.807, 2.05) is 47.5 Å². The second-order valence-corrected chi connectivity index (χ2v) is 10.0. The number of amides is 1. The predicted molar refractivity (Wildman–Crippen MR) is 136 cm³/mol. The summed E-state index contributed by atoms with van der Waals surface area (Å²) in [7, 11) is 1.69. The third-order valence-electron chi connectivity index (χ3n) is 7.89. The summed E-state index contributed by atoms with van der Waals surface area (Å²) in [5.74, 6) is 2.18. The Morgan fingerprint density at radius 2 is 1.74 bits per heavy atom. The SMILES string of the molecule is COC1=CC=C(C(=O)n2ccc3ccc(C(=O)N4CCC(Cc5ccccc5)CC4)cc32)C2CC12. The number of hydrogen-bond acceptors (Lipinski definition) is 3. The number of methoxy groups -OCH3 is 1. The van der Waals surface area contributed by atoms with Crippen molar-refractivity contribution in [3.8, 4) is 0 Å². The van der Waals surface area contributed by atoms with Gasteiger partial charge in [0.2, 0.25) is 0 Å². The molecule has 2 atom stereocenters. The lowest BCUT2D eigenvalue weighted by atomic mass is 9.90. The lowest BCUT2D eigenvalue weighted by Gasteiger charge is -2.32. The first kappa shape index (κ1) is 21.9. The fraction of sp³-hybridized carbons (Fsp3) is 0.333. The Balaban J connectivity index is 1.17. The van der Waals surface area contributed by atoms with Crippen molar-refractivity contribution in [3.05, 3.63) is 95.4 Å². The van der Waals surface area contributed by atoms with E-state index < -0.39 is 0 Å². The molecule has 2 heterocycles. The van der Waals surface area contributed by atoms with E-state index in [0.29, 0.717) is 17.4 Å². The zero-order chi connectivity index (χ0) is 23.9. The van der Waals surface area contributed by atoms with Gasteiger partial charge in [0.15, 0.2) is 0 Å². The molecule has 2 fully saturated rings. The molecule has 0 spiro atoms. The minimum Gasteiger partial charge on any atom is -0.501 e. The van der Waals surface area contributed by atoms with Crippen LogP contribution in [0.4, 0.5) is 0 Å². The largest absolute Gasteiger partial charge is 0.501 e. The standard InChI is InChI=1S/C30H30N2O3/c1-35-28-10-9-24(25-19-26(25)28)30(34)32-16-13-22-7-8-23(18-27(22)32)29(33)31-14-11-21(12-15-31)17-20-5-3-2-4-6-20/h2-10,13,16,18,21,25-26H,11-12,14-15,17,19H2,1H3. The van der Waals surface area contributed by atoms with Gasteiger partial charge in [0.05, 0.1) is 18.4 Å². The van der Waals surface area contributed by atoms with Gasteiger partial charge in [-0.2, -0.15) is 0 Å². The Kier molecular flexibility index (Phi) is 5.56. The third kappa shape index (κ3) is 4.09. The molecule has 2 aliphatic carbocycles. The molecule has 178 valence electrons. The van der Waals surface area contributed by atoms with Crippen LogP contribution in [0.5, 0.6) is 0 Å². The van der Waals surface area contributed by atoms with E-state index in [-0.39, 0.29) is 17.7 Å². The number of hydrogen-bond donors (Lipinski definition) is 0. The smallest absolute Gasteiger partial charge is 0.258 e. The van der Waals surface area contributed by atoms with Gasteiger partial charge in [-0.05, 0) is 73.4 Å². The number of rotatable bonds is 5. The van der Waals surface area contributed by atoms with Gasteiger partial charge in [-0.25, -0.2) is 0 Å². The summed E-state index contributed by atoms with van der Waals surface area (Å²) in [5.41, 5.74) is 3.63. The van der Waals surface area contributed by atoms with Crippen LogP contribution in [0.1, 0.15) is 40.0 Å². The van der Waals surface area contributed by atoms with Crippen LogP contribution in [-0.4, -0.2) is 41.5 Å². The maximum atomic E-state index is 13.4. The molecule has 6 rings (SSSR count). The fourth-order valence-electron chi connectivity index (χ4n) is 5.77. The van der Waals surface area contributed by atoms with Crippen molar-refractivity contribution in [2.24, 2.45) is 17.8 Å². The van der Waals surface area contributed by atoms with Gasteiger partial charge in [-0.15, -0.1) is 0 Å². The highest BCUT2D eigenvalue weighted by atomic mass is 16.5. The summed E-state index contributed by atoms with van der Waals surface area (Å²) in [4.78, 5) is 28.7. The Morgan fingerprint density at radius 3 is 2.51 bits per heavy atom. The number of fused-ring (bicyclic) bond motifs is 2. The summed E-state index contributed by atoms with van der Waals surface area (Å²) in [5, 5.41) is 0.966. The van der Waals surface area contributed by atoms with Crippen LogP contribution in [0.3, 0.4) is 0 Å². The Labute approximate surface area is 205 Å². The van der Waals surface area contributed by atoms with E-state index in [1.165, 1.54) is 5.56 Å². The molecule has 0 N–H and O–H groups in total. The molecule has 1 amide bonds. The molecular weight excluding hydrogens is 436 g/mol. The molecular formula is C30H30N2O3. The number of carbonyl (C=O) groups excluding carboxylic acids is 2. The molecule has 0 bridgehead atoms. The van der Waals surface area contributed by atoms with Crippen molar-refractivity contribution in [1.82, 2.24) is 9.47 Å². The molecule has 5 heteroatoms. The van der Waals surface area contributed by atoms with E-state index in [1.54, 1.807) is 11.7 Å². The summed E-state index contributed by atoms with van der Waals surface area (Å²) < 4.78 is 7.13. The molecule has 1 aliphatic heterocycles. The van der Waals surface area contributed by atoms with Crippen LogP contribution in [0.2, 0.25) is 0 Å². The monoisotopic (exact) mass is 466 g/mol. The minimum atomic E-state index is -0.00905. The van der Waals surface area contributed by atoms with Crippen molar-refractivity contribution in [3.63, 3.8) is 0 Å². The molecule has 0 radical (unpaired) electrons. The first-order chi connectivity index (χ1) is 17.1. The molecule has 2 unspecified atom stereocenters. The highest BCUT2D eigenvalue weighted by molar-refractivity contribution is 6.05. The zero-order valence-corrected chi connectivity index (χ0v) is 20.0. The van der Waals surface area contributed by atoms with Crippen molar-refractivity contribution >= 4 is 22.7 Å². The Bertz CT molecular complexity index is 1340. The van der Waals surface area contributed by atoms with Crippen LogP contribution >= 0.6 is 0 Å². The van der Waals surface area contributed by atoms with E-state index in [2.05, 4.69) is 30.3 Å². The lowest BCUT2D eigenvalue weighted by molar-refractivity contribution is 0.0690. The minimum absolute atomic E-state index is 0.00905. The summed E-state index contributed by atoms with van der Waals surface area (Å²) in [6, 6.07) is 18.3. The Morgan fingerprint density at radius 1 is 0.943 bits per heavy atom. The average Bonchev–Trinajstić information content (AvgIpc) is 3.60. The van der Waals surface area contributed by atoms with Crippen LogP contribution in [0, 0.1) is 17.8 Å². The van der Waals surface area contributed by atoms with E-state index in [9.17, 15) is 9.59 Å². The maximum absolute atomic E-state index is 13.4. The van der Waals surface area contributed by atoms with Gasteiger partial charge in [0.25, 0.3) is 11.8 Å². The van der Waals surface area contributed by atoms with E-state index in [4.69, 9.17) is 4.74 Å². The fourth-order valence-corrected chi connectivity index (χ4v) is 5.77. The quantitative estimate of drug-likeness (QED) is 0.500. The molecule has 5 nitrogen and oxygen atoms in total. The molecule has 1 saturated heterocycles. The van der Waals surface area contributed by atoms with Gasteiger partial charge in [0, 0.05) is 41.7 Å². The number of piperidine rings is 1. The maximum Gasteiger partial charge on any atom is 0.258 e. The molecule has 3 aliphatic rings. The molecule has 3 aromatic rings. The second-order valence-electron chi connectivity index (χ2n) is 10.0. The number of nitrogens with zero attached hydrogens (tertiary/aromatic N) is 2. The number of ether oxygens (including phenoxy) is 1. The Hall–Kier alpha value is -3.60. The number of aromatic nitrogens is 1. The number of allylic oxidation sites excluding steroid dienone is 4. The lowest BCUT2D eigenvalue weighted by Crippen LogP contribution is -2.38. The zero-order valence-electron chi connectivity index (χ0n) is 20.0. The van der Waals surface area contributed by atoms with Gasteiger partial charge >= 0.3 is 0 Å². The summed E-state index contributed by atoms with van der Waals surface area (Å²) in [6.45, 7) is 1.55. The second kappa shape index (κ2) is 8.88. The highest BCUT2D eigenvalue weighted by Crippen LogP contribution is 2.51. The summed E-state index contributed by atoms with van der Waals surface area (Å²) >= 11 is 0. The highest BCUT2D eigenvalue weighted by Gasteiger charge is 2.47. The van der Waals surface area contributed by atoms with Gasteiger partial charge < -0.3 is 9.64 Å². The van der Waals surface area contributed by atoms with Crippen molar-refractivity contribution in [1.29, 1.82) is 0 Å². The average molecular weight is 467 g/mol. The van der Waals surface area contributed by atoms with Gasteiger partial charge in [-0.1, -0.05) is 36.4 Å². The number of benzene rings is 2. The van der Waals surface area contributed by atoms with Crippen molar-refractivity contribution in [2.75, 3.05) is 20.2 Å². The molecule has 1 aromatic heterocycles. The molecule has 35 heavy (non-hydrogen) atoms. The first-order valence-corrected chi connectivity index (χ1v) is 12.6. The predicted octanol–water partition coefficient (Wildman–Crippen LogP) is 5.48. The van der Waals surface area contributed by atoms with Crippen molar-refractivity contribution in [2.45, 2.75) is 25.7 Å². The third-order valence-corrected chi connectivity index (χ3v) is 7.89. The summed E-state index contributed by atoms with van der Waals surface area (Å²) in [6.07, 6.45) is 9.71. The van der Waals surface area contributed by atoms with E-state index in [0.717, 1.165) is 61.0 Å². The topological polar surface area (TPSA) is 51.5 Å². The van der Waals surface area contributed by atoms with Crippen LogP contribution in [0.25, 0.3) is 10.9 Å². The van der Waals surface area contributed by atoms with Crippen LogP contribution in [-0.2, 0) is 11.2 Å². The molecule has 1 saturated carbocycles. The van der Waals surface area contributed by atoms with Gasteiger partial charge in [0.1, 0.15) is 0 Å². The van der Waals surface area contributed by atoms with Crippen LogP contribution in [0.15, 0.2) is 84.3 Å². The number of likely N-dealkylation sites (tertiary alicyclic amines) is 1. The number of carbonyl (C=O) groups is 2. The van der Waals surface area contributed by atoms with Gasteiger partial charge in [-0.3, -0.25) is 14.2 Å². The van der Waals surface area contributed by atoms with Crippen LogP contribution < -0.4 is 0 Å². The first-order valence-electron chi connectivity index (χ1n) is 12.6.